The quantitative estimate of drug-likeness (QED) is 0.654. The number of aliphatic carboxylic acids is 1. The van der Waals surface area contributed by atoms with E-state index in [1.54, 1.807) is 11.8 Å². The molecule has 1 fully saturated rings. The number of likely N-dealkylation sites (tertiary alicyclic amines) is 1. The standard InChI is InChI=1S/C9H16N2O3/c1-7(12)11-4-2-3-8(6-11)10-5-9(13)14/h8,10H,2-6H2,1H3,(H,13,14)/t8-/m1/s1. The summed E-state index contributed by atoms with van der Waals surface area (Å²) in [4.78, 5) is 23.1. The van der Waals surface area contributed by atoms with Crippen molar-refractivity contribution in [2.24, 2.45) is 0 Å². The summed E-state index contributed by atoms with van der Waals surface area (Å²) in [5.41, 5.74) is 0. The van der Waals surface area contributed by atoms with Crippen molar-refractivity contribution >= 4 is 11.9 Å². The summed E-state index contributed by atoms with van der Waals surface area (Å²) >= 11 is 0. The van der Waals surface area contributed by atoms with Crippen molar-refractivity contribution in [1.82, 2.24) is 10.2 Å². The third-order valence-electron chi connectivity index (χ3n) is 2.41. The third kappa shape index (κ3) is 3.33. The van der Waals surface area contributed by atoms with E-state index in [0.717, 1.165) is 19.4 Å². The molecule has 0 saturated carbocycles. The highest BCUT2D eigenvalue weighted by molar-refractivity contribution is 5.73. The summed E-state index contributed by atoms with van der Waals surface area (Å²) < 4.78 is 0. The third-order valence-corrected chi connectivity index (χ3v) is 2.41. The number of nitrogens with zero attached hydrogens (tertiary/aromatic N) is 1. The van der Waals surface area contributed by atoms with Crippen LogP contribution >= 0.6 is 0 Å². The molecule has 0 aliphatic carbocycles. The van der Waals surface area contributed by atoms with E-state index in [0.29, 0.717) is 6.54 Å². The van der Waals surface area contributed by atoms with E-state index < -0.39 is 5.97 Å². The molecular formula is C9H16N2O3. The number of amides is 1. The molecule has 2 N–H and O–H groups in total. The molecule has 1 amide bonds. The molecule has 1 aliphatic heterocycles. The number of carboxylic acids is 1. The summed E-state index contributed by atoms with van der Waals surface area (Å²) in [7, 11) is 0. The van der Waals surface area contributed by atoms with Crippen molar-refractivity contribution in [3.63, 3.8) is 0 Å². The molecule has 5 nitrogen and oxygen atoms in total. The molecule has 1 heterocycles. The van der Waals surface area contributed by atoms with E-state index in [1.807, 2.05) is 0 Å². The van der Waals surface area contributed by atoms with Crippen LogP contribution in [0.4, 0.5) is 0 Å². The van der Waals surface area contributed by atoms with Crippen molar-refractivity contribution in [2.75, 3.05) is 19.6 Å². The molecule has 1 rings (SSSR count). The smallest absolute Gasteiger partial charge is 0.317 e. The van der Waals surface area contributed by atoms with Gasteiger partial charge in [0.1, 0.15) is 0 Å². The number of carbonyl (C=O) groups excluding carboxylic acids is 1. The number of hydrogen-bond donors (Lipinski definition) is 2. The van der Waals surface area contributed by atoms with E-state index in [4.69, 9.17) is 5.11 Å². The van der Waals surface area contributed by atoms with E-state index in [9.17, 15) is 9.59 Å². The molecule has 0 radical (unpaired) electrons. The monoisotopic (exact) mass is 200 g/mol. The average molecular weight is 200 g/mol. The van der Waals surface area contributed by atoms with Gasteiger partial charge in [0.15, 0.2) is 0 Å². The first-order valence-electron chi connectivity index (χ1n) is 4.80. The van der Waals surface area contributed by atoms with Gasteiger partial charge in [-0.3, -0.25) is 9.59 Å². The predicted octanol–water partition coefficient (Wildman–Crippen LogP) is -0.328. The first-order valence-corrected chi connectivity index (χ1v) is 4.80. The van der Waals surface area contributed by atoms with Gasteiger partial charge < -0.3 is 15.3 Å². The van der Waals surface area contributed by atoms with Gasteiger partial charge in [0, 0.05) is 26.1 Å². The van der Waals surface area contributed by atoms with Gasteiger partial charge in [-0.2, -0.15) is 0 Å². The highest BCUT2D eigenvalue weighted by atomic mass is 16.4. The first kappa shape index (κ1) is 11.0. The predicted molar refractivity (Wildman–Crippen MR) is 50.9 cm³/mol. The van der Waals surface area contributed by atoms with Crippen LogP contribution in [0.3, 0.4) is 0 Å². The largest absolute Gasteiger partial charge is 0.480 e. The second kappa shape index (κ2) is 4.95. The second-order valence-electron chi connectivity index (χ2n) is 3.58. The van der Waals surface area contributed by atoms with Gasteiger partial charge in [0.05, 0.1) is 6.54 Å². The molecule has 0 aromatic heterocycles. The lowest BCUT2D eigenvalue weighted by Crippen LogP contribution is -2.48. The Kier molecular flexibility index (Phi) is 3.88. The number of rotatable bonds is 3. The minimum atomic E-state index is -0.857. The zero-order valence-corrected chi connectivity index (χ0v) is 8.32. The van der Waals surface area contributed by atoms with E-state index in [-0.39, 0.29) is 18.5 Å². The summed E-state index contributed by atoms with van der Waals surface area (Å²) in [5, 5.41) is 11.4. The van der Waals surface area contributed by atoms with Crippen LogP contribution in [0.15, 0.2) is 0 Å². The van der Waals surface area contributed by atoms with Crippen LogP contribution in [-0.4, -0.2) is 47.6 Å². The van der Waals surface area contributed by atoms with Crippen LogP contribution in [0, 0.1) is 0 Å². The van der Waals surface area contributed by atoms with Gasteiger partial charge in [-0.05, 0) is 12.8 Å². The molecule has 5 heteroatoms. The van der Waals surface area contributed by atoms with Crippen LogP contribution in [0.5, 0.6) is 0 Å². The fourth-order valence-electron chi connectivity index (χ4n) is 1.66. The Labute approximate surface area is 83.1 Å². The lowest BCUT2D eigenvalue weighted by atomic mass is 10.1. The molecule has 0 spiro atoms. The second-order valence-corrected chi connectivity index (χ2v) is 3.58. The average Bonchev–Trinajstić information content (AvgIpc) is 2.15. The summed E-state index contributed by atoms with van der Waals surface area (Å²) in [6.45, 7) is 2.93. The van der Waals surface area contributed by atoms with Gasteiger partial charge in [0.25, 0.3) is 0 Å². The number of hydrogen-bond acceptors (Lipinski definition) is 3. The molecule has 0 bridgehead atoms. The van der Waals surface area contributed by atoms with Crippen LogP contribution in [0.1, 0.15) is 19.8 Å². The normalized spacial score (nSPS) is 22.1. The van der Waals surface area contributed by atoms with Crippen molar-refractivity contribution in [3.05, 3.63) is 0 Å². The molecule has 1 aliphatic rings. The summed E-state index contributed by atoms with van der Waals surface area (Å²) in [6.07, 6.45) is 1.88. The molecule has 1 atom stereocenters. The highest BCUT2D eigenvalue weighted by Gasteiger charge is 2.21. The maximum atomic E-state index is 11.1. The van der Waals surface area contributed by atoms with Gasteiger partial charge in [-0.1, -0.05) is 0 Å². The number of carbonyl (C=O) groups is 2. The van der Waals surface area contributed by atoms with Gasteiger partial charge in [-0.25, -0.2) is 0 Å². The zero-order valence-electron chi connectivity index (χ0n) is 8.32. The Morgan fingerprint density at radius 1 is 1.57 bits per heavy atom. The van der Waals surface area contributed by atoms with Crippen molar-refractivity contribution in [3.8, 4) is 0 Å². The zero-order chi connectivity index (χ0) is 10.6. The molecule has 80 valence electrons. The maximum absolute atomic E-state index is 11.1. The van der Waals surface area contributed by atoms with Crippen molar-refractivity contribution in [1.29, 1.82) is 0 Å². The number of piperidine rings is 1. The van der Waals surface area contributed by atoms with Gasteiger partial charge in [-0.15, -0.1) is 0 Å². The Balaban J connectivity index is 2.32. The maximum Gasteiger partial charge on any atom is 0.317 e. The highest BCUT2D eigenvalue weighted by Crippen LogP contribution is 2.09. The van der Waals surface area contributed by atoms with Crippen LogP contribution < -0.4 is 5.32 Å². The van der Waals surface area contributed by atoms with Crippen LogP contribution in [-0.2, 0) is 9.59 Å². The molecule has 0 aromatic rings. The topological polar surface area (TPSA) is 69.6 Å². The van der Waals surface area contributed by atoms with Crippen LogP contribution in [0.2, 0.25) is 0 Å². The summed E-state index contributed by atoms with van der Waals surface area (Å²) in [5.74, 6) is -0.795. The molecule has 0 unspecified atom stereocenters. The lowest BCUT2D eigenvalue weighted by molar-refractivity contribution is -0.136. The number of nitrogens with one attached hydrogen (secondary N) is 1. The summed E-state index contributed by atoms with van der Waals surface area (Å²) in [6, 6.07) is 0.128. The molecule has 14 heavy (non-hydrogen) atoms. The van der Waals surface area contributed by atoms with Crippen molar-refractivity contribution < 1.29 is 14.7 Å². The van der Waals surface area contributed by atoms with Gasteiger partial charge >= 0.3 is 5.97 Å². The van der Waals surface area contributed by atoms with E-state index >= 15 is 0 Å². The SMILES string of the molecule is CC(=O)N1CCC[C@@H](NCC(=O)O)C1. The Hall–Kier alpha value is -1.10. The minimum absolute atomic E-state index is 0.0313. The number of carboxylic acid groups (broad SMARTS) is 1. The Bertz CT molecular complexity index is 230. The minimum Gasteiger partial charge on any atom is -0.480 e. The first-order chi connectivity index (χ1) is 6.59. The van der Waals surface area contributed by atoms with E-state index in [1.165, 1.54) is 0 Å². The van der Waals surface area contributed by atoms with Gasteiger partial charge in [0.2, 0.25) is 5.91 Å². The van der Waals surface area contributed by atoms with Crippen molar-refractivity contribution in [2.45, 2.75) is 25.8 Å². The molecule has 1 saturated heterocycles. The lowest BCUT2D eigenvalue weighted by Gasteiger charge is -2.32. The van der Waals surface area contributed by atoms with E-state index in [2.05, 4.69) is 5.32 Å². The molecule has 0 aromatic carbocycles. The fourth-order valence-corrected chi connectivity index (χ4v) is 1.66. The molecular weight excluding hydrogens is 184 g/mol. The van der Waals surface area contributed by atoms with Crippen LogP contribution in [0.25, 0.3) is 0 Å². The Morgan fingerprint density at radius 3 is 2.86 bits per heavy atom. The fraction of sp³-hybridized carbons (Fsp3) is 0.778. The Morgan fingerprint density at radius 2 is 2.29 bits per heavy atom.